The van der Waals surface area contributed by atoms with Crippen molar-refractivity contribution in [1.82, 2.24) is 5.32 Å². The van der Waals surface area contributed by atoms with Gasteiger partial charge in [-0.2, -0.15) is 0 Å². The minimum atomic E-state index is 0.238. The summed E-state index contributed by atoms with van der Waals surface area (Å²) in [5, 5.41) is 12.2. The first-order valence-electron chi connectivity index (χ1n) is 4.38. The normalized spacial score (nSPS) is 33.0. The van der Waals surface area contributed by atoms with Crippen molar-refractivity contribution in [3.63, 3.8) is 0 Å². The maximum atomic E-state index is 8.87. The van der Waals surface area contributed by atoms with Gasteiger partial charge >= 0.3 is 0 Å². The first kappa shape index (κ1) is 8.97. The average Bonchev–Trinajstić information content (AvgIpc) is 1.96. The third-order valence-electron chi connectivity index (χ3n) is 2.36. The van der Waals surface area contributed by atoms with Gasteiger partial charge in [0, 0.05) is 18.1 Å². The molecule has 3 nitrogen and oxygen atoms in total. The Morgan fingerprint density at radius 3 is 2.64 bits per heavy atom. The van der Waals surface area contributed by atoms with Crippen molar-refractivity contribution >= 4 is 0 Å². The summed E-state index contributed by atoms with van der Waals surface area (Å²) in [6.45, 7) is 2.31. The minimum absolute atomic E-state index is 0.238. The molecule has 66 valence electrons. The van der Waals surface area contributed by atoms with E-state index < -0.39 is 0 Å². The Balaban J connectivity index is 2.09. The monoisotopic (exact) mass is 158 g/mol. The standard InChI is InChI=1S/C8H18N2O/c1-2-7(5-11)10-8-3-6(9)4-8/h6-8,10-11H,2-5,9H2,1H3. The lowest BCUT2D eigenvalue weighted by molar-refractivity contribution is 0.194. The van der Waals surface area contributed by atoms with Gasteiger partial charge in [0.05, 0.1) is 6.61 Å². The van der Waals surface area contributed by atoms with E-state index in [1.165, 1.54) is 0 Å². The van der Waals surface area contributed by atoms with Crippen LogP contribution in [0, 0.1) is 0 Å². The van der Waals surface area contributed by atoms with E-state index in [9.17, 15) is 0 Å². The maximum absolute atomic E-state index is 8.87. The zero-order valence-corrected chi connectivity index (χ0v) is 7.09. The second-order valence-corrected chi connectivity index (χ2v) is 3.38. The van der Waals surface area contributed by atoms with E-state index in [1.807, 2.05) is 0 Å². The van der Waals surface area contributed by atoms with Crippen molar-refractivity contribution in [1.29, 1.82) is 0 Å². The van der Waals surface area contributed by atoms with Gasteiger partial charge in [0.1, 0.15) is 0 Å². The van der Waals surface area contributed by atoms with Gasteiger partial charge in [0.15, 0.2) is 0 Å². The summed E-state index contributed by atoms with van der Waals surface area (Å²) in [6.07, 6.45) is 3.12. The van der Waals surface area contributed by atoms with Gasteiger partial charge in [-0.1, -0.05) is 6.92 Å². The van der Waals surface area contributed by atoms with Gasteiger partial charge in [-0.05, 0) is 19.3 Å². The van der Waals surface area contributed by atoms with Gasteiger partial charge < -0.3 is 16.2 Å². The Morgan fingerprint density at radius 1 is 1.64 bits per heavy atom. The smallest absolute Gasteiger partial charge is 0.0584 e. The van der Waals surface area contributed by atoms with E-state index >= 15 is 0 Å². The van der Waals surface area contributed by atoms with Crippen molar-refractivity contribution in [2.45, 2.75) is 44.3 Å². The van der Waals surface area contributed by atoms with Crippen molar-refractivity contribution in [2.24, 2.45) is 5.73 Å². The summed E-state index contributed by atoms with van der Waals surface area (Å²) in [4.78, 5) is 0. The van der Waals surface area contributed by atoms with E-state index in [0.29, 0.717) is 12.1 Å². The number of hydrogen-bond acceptors (Lipinski definition) is 3. The van der Waals surface area contributed by atoms with Gasteiger partial charge in [0.25, 0.3) is 0 Å². The fourth-order valence-corrected chi connectivity index (χ4v) is 1.43. The summed E-state index contributed by atoms with van der Waals surface area (Å²) in [5.41, 5.74) is 5.63. The quantitative estimate of drug-likeness (QED) is 0.532. The summed E-state index contributed by atoms with van der Waals surface area (Å²) in [5.74, 6) is 0. The molecule has 0 aromatic carbocycles. The van der Waals surface area contributed by atoms with E-state index in [4.69, 9.17) is 10.8 Å². The summed E-state index contributed by atoms with van der Waals surface area (Å²) < 4.78 is 0. The molecular formula is C8H18N2O. The molecule has 4 N–H and O–H groups in total. The van der Waals surface area contributed by atoms with Crippen LogP contribution in [0.1, 0.15) is 26.2 Å². The lowest BCUT2D eigenvalue weighted by Gasteiger charge is -2.35. The van der Waals surface area contributed by atoms with Gasteiger partial charge in [-0.15, -0.1) is 0 Å². The number of nitrogens with two attached hydrogens (primary N) is 1. The third kappa shape index (κ3) is 2.43. The molecule has 1 saturated carbocycles. The molecule has 0 heterocycles. The second kappa shape index (κ2) is 4.04. The highest BCUT2D eigenvalue weighted by Crippen LogP contribution is 2.18. The van der Waals surface area contributed by atoms with Crippen LogP contribution >= 0.6 is 0 Å². The lowest BCUT2D eigenvalue weighted by atomic mass is 9.87. The Labute approximate surface area is 68.0 Å². The van der Waals surface area contributed by atoms with Crippen molar-refractivity contribution in [2.75, 3.05) is 6.61 Å². The first-order chi connectivity index (χ1) is 5.26. The number of nitrogens with one attached hydrogen (secondary N) is 1. The van der Waals surface area contributed by atoms with Gasteiger partial charge in [-0.25, -0.2) is 0 Å². The molecule has 0 saturated heterocycles. The molecule has 0 aliphatic heterocycles. The van der Waals surface area contributed by atoms with E-state index in [0.717, 1.165) is 19.3 Å². The highest BCUT2D eigenvalue weighted by Gasteiger charge is 2.26. The third-order valence-corrected chi connectivity index (χ3v) is 2.36. The predicted octanol–water partition coefficient (Wildman–Crippen LogP) is -0.163. The molecule has 1 fully saturated rings. The van der Waals surface area contributed by atoms with Crippen LogP contribution in [0.3, 0.4) is 0 Å². The number of aliphatic hydroxyl groups excluding tert-OH is 1. The largest absolute Gasteiger partial charge is 0.395 e. The fourth-order valence-electron chi connectivity index (χ4n) is 1.43. The van der Waals surface area contributed by atoms with Crippen LogP contribution in [0.15, 0.2) is 0 Å². The molecule has 3 heteroatoms. The minimum Gasteiger partial charge on any atom is -0.395 e. The molecule has 1 atom stereocenters. The second-order valence-electron chi connectivity index (χ2n) is 3.38. The van der Waals surface area contributed by atoms with Crippen LogP contribution in [-0.2, 0) is 0 Å². The Morgan fingerprint density at radius 2 is 2.27 bits per heavy atom. The van der Waals surface area contributed by atoms with Crippen LogP contribution in [-0.4, -0.2) is 29.8 Å². The highest BCUT2D eigenvalue weighted by molar-refractivity contribution is 4.89. The molecule has 0 aromatic rings. The van der Waals surface area contributed by atoms with Crippen molar-refractivity contribution in [3.8, 4) is 0 Å². The summed E-state index contributed by atoms with van der Waals surface area (Å²) >= 11 is 0. The van der Waals surface area contributed by atoms with Crippen LogP contribution in [0.5, 0.6) is 0 Å². The fraction of sp³-hybridized carbons (Fsp3) is 1.00. The predicted molar refractivity (Wildman–Crippen MR) is 45.3 cm³/mol. The SMILES string of the molecule is CCC(CO)NC1CC(N)C1. The molecule has 11 heavy (non-hydrogen) atoms. The number of rotatable bonds is 4. The summed E-state index contributed by atoms with van der Waals surface area (Å²) in [7, 11) is 0. The molecule has 1 aliphatic rings. The molecular weight excluding hydrogens is 140 g/mol. The van der Waals surface area contributed by atoms with Crippen molar-refractivity contribution < 1.29 is 5.11 Å². The maximum Gasteiger partial charge on any atom is 0.0584 e. The molecule has 0 aromatic heterocycles. The number of hydrogen-bond donors (Lipinski definition) is 3. The molecule has 1 unspecified atom stereocenters. The molecule has 1 aliphatic carbocycles. The molecule has 0 radical (unpaired) electrons. The molecule has 0 spiro atoms. The summed E-state index contributed by atoms with van der Waals surface area (Å²) in [6, 6.07) is 1.22. The Bertz CT molecular complexity index is 109. The van der Waals surface area contributed by atoms with E-state index in [2.05, 4.69) is 12.2 Å². The molecule has 0 amide bonds. The van der Waals surface area contributed by atoms with Crippen LogP contribution in [0.25, 0.3) is 0 Å². The Hall–Kier alpha value is -0.120. The lowest BCUT2D eigenvalue weighted by Crippen LogP contribution is -2.52. The zero-order valence-electron chi connectivity index (χ0n) is 7.09. The van der Waals surface area contributed by atoms with Gasteiger partial charge in [0.2, 0.25) is 0 Å². The topological polar surface area (TPSA) is 58.3 Å². The van der Waals surface area contributed by atoms with Crippen LogP contribution in [0.4, 0.5) is 0 Å². The molecule has 1 rings (SSSR count). The number of aliphatic hydroxyl groups is 1. The molecule has 0 bridgehead atoms. The van der Waals surface area contributed by atoms with E-state index in [-0.39, 0.29) is 12.6 Å². The van der Waals surface area contributed by atoms with Crippen LogP contribution in [0.2, 0.25) is 0 Å². The average molecular weight is 158 g/mol. The highest BCUT2D eigenvalue weighted by atomic mass is 16.3. The van der Waals surface area contributed by atoms with E-state index in [1.54, 1.807) is 0 Å². The first-order valence-corrected chi connectivity index (χ1v) is 4.38. The van der Waals surface area contributed by atoms with Crippen molar-refractivity contribution in [3.05, 3.63) is 0 Å². The zero-order chi connectivity index (χ0) is 8.27. The Kier molecular flexibility index (Phi) is 3.30. The van der Waals surface area contributed by atoms with Gasteiger partial charge in [-0.3, -0.25) is 0 Å². The van der Waals surface area contributed by atoms with Crippen LogP contribution < -0.4 is 11.1 Å².